The van der Waals surface area contributed by atoms with Crippen LogP contribution in [-0.4, -0.2) is 36.8 Å². The van der Waals surface area contributed by atoms with Gasteiger partial charge in [-0.25, -0.2) is 14.6 Å². The highest BCUT2D eigenvalue weighted by molar-refractivity contribution is 7.99. The summed E-state index contributed by atoms with van der Waals surface area (Å²) in [6.07, 6.45) is 3.36. The Hall–Kier alpha value is -1.97. The maximum absolute atomic E-state index is 9.32. The minimum atomic E-state index is -0.228. The van der Waals surface area contributed by atoms with Gasteiger partial charge in [0.2, 0.25) is 0 Å². The molecule has 3 rings (SSSR count). The van der Waals surface area contributed by atoms with Crippen molar-refractivity contribution in [2.75, 3.05) is 11.2 Å². The third-order valence-corrected chi connectivity index (χ3v) is 4.32. The van der Waals surface area contributed by atoms with Crippen molar-refractivity contribution < 1.29 is 5.11 Å². The Labute approximate surface area is 135 Å². The van der Waals surface area contributed by atoms with E-state index in [4.69, 9.17) is 0 Å². The molecular weight excluding hydrogens is 320 g/mol. The molecule has 0 aliphatic rings. The van der Waals surface area contributed by atoms with E-state index in [9.17, 15) is 5.11 Å². The molecule has 2 N–H and O–H groups in total. The van der Waals surface area contributed by atoms with Gasteiger partial charge in [-0.05, 0) is 17.2 Å². The molecule has 0 aliphatic heterocycles. The summed E-state index contributed by atoms with van der Waals surface area (Å²) in [5.74, 6) is 1.44. The number of hydrogen-bond donors (Lipinski definition) is 2. The highest BCUT2D eigenvalue weighted by Gasteiger charge is 2.12. The van der Waals surface area contributed by atoms with Crippen LogP contribution in [0.4, 0.5) is 5.82 Å². The molecule has 9 heteroatoms. The Morgan fingerprint density at radius 2 is 2.41 bits per heavy atom. The fraction of sp³-hybridized carbons (Fsp3) is 0.231. The number of fused-ring (bicyclic) bond motifs is 1. The second kappa shape index (κ2) is 6.86. The van der Waals surface area contributed by atoms with Crippen LogP contribution in [0.5, 0.6) is 0 Å². The van der Waals surface area contributed by atoms with Crippen molar-refractivity contribution in [2.24, 2.45) is 5.10 Å². The summed E-state index contributed by atoms with van der Waals surface area (Å²) in [5.41, 5.74) is 3.52. The third-order valence-electron chi connectivity index (χ3n) is 2.79. The fourth-order valence-corrected chi connectivity index (χ4v) is 2.99. The Balaban J connectivity index is 1.94. The van der Waals surface area contributed by atoms with Crippen LogP contribution < -0.4 is 5.43 Å². The van der Waals surface area contributed by atoms with Crippen molar-refractivity contribution in [1.82, 2.24) is 19.7 Å². The molecule has 0 saturated heterocycles. The van der Waals surface area contributed by atoms with Gasteiger partial charge in [0, 0.05) is 4.88 Å². The van der Waals surface area contributed by atoms with Crippen molar-refractivity contribution in [1.29, 1.82) is 0 Å². The monoisotopic (exact) mass is 334 g/mol. The molecule has 0 fully saturated rings. The zero-order valence-corrected chi connectivity index (χ0v) is 13.4. The summed E-state index contributed by atoms with van der Waals surface area (Å²) in [5, 5.41) is 21.0. The zero-order valence-electron chi connectivity index (χ0n) is 11.8. The molecule has 114 valence electrons. The van der Waals surface area contributed by atoms with Gasteiger partial charge < -0.3 is 5.11 Å². The summed E-state index contributed by atoms with van der Waals surface area (Å²) >= 11 is 3.13. The Kier molecular flexibility index (Phi) is 4.66. The molecule has 3 aromatic rings. The SMILES string of the molecule is CCSc1nc(N/N=C/c2cccs2)c2cnn(CO)c2n1. The lowest BCUT2D eigenvalue weighted by atomic mass is 10.4. The Morgan fingerprint density at radius 3 is 3.14 bits per heavy atom. The predicted molar refractivity (Wildman–Crippen MR) is 89.5 cm³/mol. The van der Waals surface area contributed by atoms with E-state index in [1.807, 2.05) is 24.4 Å². The second-order valence-corrected chi connectivity index (χ2v) is 6.41. The fourth-order valence-electron chi connectivity index (χ4n) is 1.84. The molecule has 0 atom stereocenters. The molecule has 0 saturated carbocycles. The van der Waals surface area contributed by atoms with E-state index in [2.05, 4.69) is 25.6 Å². The van der Waals surface area contributed by atoms with Crippen LogP contribution in [0.2, 0.25) is 0 Å². The average molecular weight is 334 g/mol. The van der Waals surface area contributed by atoms with E-state index in [-0.39, 0.29) is 6.73 Å². The first-order valence-electron chi connectivity index (χ1n) is 6.61. The molecule has 0 spiro atoms. The second-order valence-electron chi connectivity index (χ2n) is 4.20. The molecule has 0 aromatic carbocycles. The van der Waals surface area contributed by atoms with Crippen LogP contribution in [-0.2, 0) is 6.73 Å². The highest BCUT2D eigenvalue weighted by Crippen LogP contribution is 2.24. The van der Waals surface area contributed by atoms with Gasteiger partial charge in [0.25, 0.3) is 0 Å². The van der Waals surface area contributed by atoms with Gasteiger partial charge in [-0.2, -0.15) is 10.2 Å². The molecule has 0 bridgehead atoms. The van der Waals surface area contributed by atoms with Crippen molar-refractivity contribution in [3.63, 3.8) is 0 Å². The van der Waals surface area contributed by atoms with Gasteiger partial charge in [-0.1, -0.05) is 24.8 Å². The van der Waals surface area contributed by atoms with Crippen LogP contribution in [0.1, 0.15) is 11.8 Å². The first-order valence-corrected chi connectivity index (χ1v) is 8.48. The predicted octanol–water partition coefficient (Wildman–Crippen LogP) is 2.40. The van der Waals surface area contributed by atoms with Crippen LogP contribution in [0.3, 0.4) is 0 Å². The first-order chi connectivity index (χ1) is 10.8. The highest BCUT2D eigenvalue weighted by atomic mass is 32.2. The lowest BCUT2D eigenvalue weighted by Gasteiger charge is -2.05. The molecule has 0 radical (unpaired) electrons. The maximum atomic E-state index is 9.32. The molecule has 3 heterocycles. The van der Waals surface area contributed by atoms with Crippen molar-refractivity contribution >= 4 is 46.2 Å². The minimum absolute atomic E-state index is 0.228. The van der Waals surface area contributed by atoms with Crippen molar-refractivity contribution in [3.05, 3.63) is 28.6 Å². The van der Waals surface area contributed by atoms with Gasteiger partial charge in [0.1, 0.15) is 6.73 Å². The summed E-state index contributed by atoms with van der Waals surface area (Å²) in [7, 11) is 0. The molecule has 7 nitrogen and oxygen atoms in total. The topological polar surface area (TPSA) is 88.2 Å². The van der Waals surface area contributed by atoms with Gasteiger partial charge in [-0.15, -0.1) is 11.3 Å². The number of aliphatic hydroxyl groups is 1. The number of hydrogen-bond acceptors (Lipinski definition) is 8. The maximum Gasteiger partial charge on any atom is 0.191 e. The number of aromatic nitrogens is 4. The van der Waals surface area contributed by atoms with E-state index in [0.717, 1.165) is 16.0 Å². The number of thioether (sulfide) groups is 1. The van der Waals surface area contributed by atoms with E-state index in [1.54, 1.807) is 23.7 Å². The van der Waals surface area contributed by atoms with Crippen molar-refractivity contribution in [3.8, 4) is 0 Å². The third kappa shape index (κ3) is 3.11. The van der Waals surface area contributed by atoms with Gasteiger partial charge in [-0.3, -0.25) is 5.43 Å². The van der Waals surface area contributed by atoms with Crippen molar-refractivity contribution in [2.45, 2.75) is 18.8 Å². The van der Waals surface area contributed by atoms with E-state index < -0.39 is 0 Å². The molecule has 22 heavy (non-hydrogen) atoms. The van der Waals surface area contributed by atoms with Crippen LogP contribution in [0, 0.1) is 0 Å². The molecule has 0 unspecified atom stereocenters. The summed E-state index contributed by atoms with van der Waals surface area (Å²) in [6.45, 7) is 1.80. The van der Waals surface area contributed by atoms with Crippen LogP contribution >= 0.6 is 23.1 Å². The smallest absolute Gasteiger partial charge is 0.191 e. The van der Waals surface area contributed by atoms with Crippen LogP contribution in [0.25, 0.3) is 11.0 Å². The molecular formula is C13H14N6OS2. The number of aliphatic hydroxyl groups excluding tert-OH is 1. The lowest BCUT2D eigenvalue weighted by Crippen LogP contribution is -2.03. The van der Waals surface area contributed by atoms with Gasteiger partial charge in [0.05, 0.1) is 17.8 Å². The number of anilines is 1. The molecule has 0 aliphatic carbocycles. The largest absolute Gasteiger partial charge is 0.374 e. The number of hydrazone groups is 1. The van der Waals surface area contributed by atoms with Crippen LogP contribution in [0.15, 0.2) is 34.0 Å². The Bertz CT molecular complexity index is 783. The lowest BCUT2D eigenvalue weighted by molar-refractivity contribution is 0.199. The Morgan fingerprint density at radius 1 is 1.50 bits per heavy atom. The van der Waals surface area contributed by atoms with E-state index in [1.165, 1.54) is 16.4 Å². The summed E-state index contributed by atoms with van der Waals surface area (Å²) in [4.78, 5) is 9.92. The summed E-state index contributed by atoms with van der Waals surface area (Å²) in [6, 6.07) is 3.95. The number of rotatable bonds is 6. The average Bonchev–Trinajstić information content (AvgIpc) is 3.16. The van der Waals surface area contributed by atoms with E-state index >= 15 is 0 Å². The van der Waals surface area contributed by atoms with Gasteiger partial charge >= 0.3 is 0 Å². The number of nitrogens with zero attached hydrogens (tertiary/aromatic N) is 5. The quantitative estimate of drug-likeness (QED) is 0.311. The first kappa shape index (κ1) is 14.9. The standard InChI is InChI=1S/C13H14N6OS2/c1-2-21-13-16-11(18-14-6-9-4-3-5-22-9)10-7-15-19(8-20)12(10)17-13/h3-7,20H,2,8H2,1H3,(H,16,17,18)/b14-6+. The number of nitrogens with one attached hydrogen (secondary N) is 1. The zero-order chi connectivity index (χ0) is 15.4. The molecule has 3 aromatic heterocycles. The van der Waals surface area contributed by atoms with E-state index in [0.29, 0.717) is 16.6 Å². The molecule has 0 amide bonds. The summed E-state index contributed by atoms with van der Waals surface area (Å²) < 4.78 is 1.42. The van der Waals surface area contributed by atoms with Gasteiger partial charge in [0.15, 0.2) is 16.6 Å². The number of thiophene rings is 1. The normalized spacial score (nSPS) is 11.5. The minimum Gasteiger partial charge on any atom is -0.374 e.